The van der Waals surface area contributed by atoms with Gasteiger partial charge in [-0.15, -0.1) is 0 Å². The van der Waals surface area contributed by atoms with Crippen molar-refractivity contribution in [3.8, 4) is 0 Å². The van der Waals surface area contributed by atoms with E-state index in [-0.39, 0.29) is 5.69 Å². The van der Waals surface area contributed by atoms with Crippen molar-refractivity contribution in [3.63, 3.8) is 0 Å². The number of nitrogens with zero attached hydrogens (tertiary/aromatic N) is 2. The number of likely N-dealkylation sites (tertiary alicyclic amines) is 1. The molecular weight excluding hydrogens is 254 g/mol. The Morgan fingerprint density at radius 3 is 2.90 bits per heavy atom. The summed E-state index contributed by atoms with van der Waals surface area (Å²) in [7, 11) is 0. The number of nitro groups is 1. The Hall–Kier alpha value is -1.62. The highest BCUT2D eigenvalue weighted by molar-refractivity contribution is 5.62. The SMILES string of the molecule is CCC1CCCCCN1Cc1cccc([N+](=O)[O-])c1N. The third-order valence-electron chi connectivity index (χ3n) is 4.21. The number of nitrogen functional groups attached to an aromatic ring is 1. The van der Waals surface area contributed by atoms with Gasteiger partial charge in [-0.25, -0.2) is 0 Å². The number of nitrogens with two attached hydrogens (primary N) is 1. The Kier molecular flexibility index (Phi) is 4.95. The second-order valence-corrected chi connectivity index (χ2v) is 5.49. The summed E-state index contributed by atoms with van der Waals surface area (Å²) in [4.78, 5) is 13.0. The molecule has 1 saturated heterocycles. The van der Waals surface area contributed by atoms with E-state index in [0.29, 0.717) is 18.3 Å². The zero-order valence-corrected chi connectivity index (χ0v) is 12.0. The molecule has 2 N–H and O–H groups in total. The van der Waals surface area contributed by atoms with Gasteiger partial charge in [-0.1, -0.05) is 31.9 Å². The Balaban J connectivity index is 2.19. The minimum absolute atomic E-state index is 0.0189. The van der Waals surface area contributed by atoms with Gasteiger partial charge >= 0.3 is 0 Å². The molecule has 1 aromatic carbocycles. The van der Waals surface area contributed by atoms with Crippen LogP contribution in [0.1, 0.15) is 44.6 Å². The van der Waals surface area contributed by atoms with Crippen molar-refractivity contribution in [2.75, 3.05) is 12.3 Å². The highest BCUT2D eigenvalue weighted by atomic mass is 16.6. The fourth-order valence-electron chi connectivity index (χ4n) is 3.02. The predicted molar refractivity (Wildman–Crippen MR) is 80.5 cm³/mol. The molecular formula is C15H23N3O2. The van der Waals surface area contributed by atoms with E-state index in [0.717, 1.165) is 18.5 Å². The lowest BCUT2D eigenvalue weighted by molar-refractivity contribution is -0.384. The van der Waals surface area contributed by atoms with Gasteiger partial charge in [-0.05, 0) is 31.4 Å². The van der Waals surface area contributed by atoms with Gasteiger partial charge < -0.3 is 5.73 Å². The third-order valence-corrected chi connectivity index (χ3v) is 4.21. The quantitative estimate of drug-likeness (QED) is 0.520. The molecule has 1 unspecified atom stereocenters. The smallest absolute Gasteiger partial charge is 0.292 e. The van der Waals surface area contributed by atoms with E-state index in [9.17, 15) is 10.1 Å². The van der Waals surface area contributed by atoms with Crippen LogP contribution in [0.15, 0.2) is 18.2 Å². The van der Waals surface area contributed by atoms with Gasteiger partial charge in [0.25, 0.3) is 5.69 Å². The van der Waals surface area contributed by atoms with Crippen LogP contribution < -0.4 is 5.73 Å². The molecule has 1 atom stereocenters. The van der Waals surface area contributed by atoms with Crippen LogP contribution in [0.3, 0.4) is 0 Å². The summed E-state index contributed by atoms with van der Waals surface area (Å²) in [5, 5.41) is 11.0. The summed E-state index contributed by atoms with van der Waals surface area (Å²) >= 11 is 0. The Bertz CT molecular complexity index is 476. The molecule has 0 aliphatic carbocycles. The molecule has 0 amide bonds. The number of rotatable bonds is 4. The van der Waals surface area contributed by atoms with Crippen LogP contribution in [0.4, 0.5) is 11.4 Å². The fourth-order valence-corrected chi connectivity index (χ4v) is 3.02. The van der Waals surface area contributed by atoms with Gasteiger partial charge in [0.2, 0.25) is 0 Å². The summed E-state index contributed by atoms with van der Waals surface area (Å²) in [5.74, 6) is 0. The van der Waals surface area contributed by atoms with Crippen molar-refractivity contribution in [3.05, 3.63) is 33.9 Å². The topological polar surface area (TPSA) is 72.4 Å². The third kappa shape index (κ3) is 3.28. The first-order chi connectivity index (χ1) is 9.63. The van der Waals surface area contributed by atoms with E-state index in [4.69, 9.17) is 5.73 Å². The maximum absolute atomic E-state index is 11.0. The minimum atomic E-state index is -0.404. The van der Waals surface area contributed by atoms with E-state index in [1.807, 2.05) is 6.07 Å². The number of para-hydroxylation sites is 1. The van der Waals surface area contributed by atoms with Crippen LogP contribution in [0.25, 0.3) is 0 Å². The van der Waals surface area contributed by atoms with Crippen molar-refractivity contribution in [1.29, 1.82) is 0 Å². The molecule has 5 heteroatoms. The molecule has 0 bridgehead atoms. The second kappa shape index (κ2) is 6.70. The van der Waals surface area contributed by atoms with Gasteiger partial charge in [-0.3, -0.25) is 15.0 Å². The van der Waals surface area contributed by atoms with Gasteiger partial charge in [0, 0.05) is 18.7 Å². The first kappa shape index (κ1) is 14.8. The Morgan fingerprint density at radius 1 is 1.40 bits per heavy atom. The van der Waals surface area contributed by atoms with Crippen LogP contribution in [0, 0.1) is 10.1 Å². The lowest BCUT2D eigenvalue weighted by Crippen LogP contribution is -2.34. The van der Waals surface area contributed by atoms with Crippen molar-refractivity contribution < 1.29 is 4.92 Å². The molecule has 1 fully saturated rings. The second-order valence-electron chi connectivity index (χ2n) is 5.49. The fraction of sp³-hybridized carbons (Fsp3) is 0.600. The van der Waals surface area contributed by atoms with Crippen LogP contribution >= 0.6 is 0 Å². The number of hydrogen-bond donors (Lipinski definition) is 1. The van der Waals surface area contributed by atoms with Crippen molar-refractivity contribution >= 4 is 11.4 Å². The number of hydrogen-bond acceptors (Lipinski definition) is 4. The molecule has 0 spiro atoms. The van der Waals surface area contributed by atoms with E-state index >= 15 is 0 Å². The minimum Gasteiger partial charge on any atom is -0.393 e. The standard InChI is InChI=1S/C15H23N3O2/c1-2-13-8-4-3-5-10-17(13)11-12-7-6-9-14(15(12)16)18(19)20/h6-7,9,13H,2-5,8,10-11,16H2,1H3. The van der Waals surface area contributed by atoms with Crippen LogP contribution in [-0.4, -0.2) is 22.4 Å². The summed E-state index contributed by atoms with van der Waals surface area (Å²) in [6, 6.07) is 5.66. The highest BCUT2D eigenvalue weighted by Crippen LogP contribution is 2.28. The average molecular weight is 277 g/mol. The first-order valence-corrected chi connectivity index (χ1v) is 7.39. The lowest BCUT2D eigenvalue weighted by Gasteiger charge is -2.29. The predicted octanol–water partition coefficient (Wildman–Crippen LogP) is 3.33. The van der Waals surface area contributed by atoms with E-state index in [1.165, 1.54) is 31.7 Å². The molecule has 1 aromatic rings. The number of anilines is 1. The molecule has 20 heavy (non-hydrogen) atoms. The molecule has 5 nitrogen and oxygen atoms in total. The first-order valence-electron chi connectivity index (χ1n) is 7.39. The number of nitro benzene ring substituents is 1. The van der Waals surface area contributed by atoms with Crippen molar-refractivity contribution in [2.45, 2.75) is 51.6 Å². The zero-order chi connectivity index (χ0) is 14.5. The lowest BCUT2D eigenvalue weighted by atomic mass is 10.1. The van der Waals surface area contributed by atoms with Crippen LogP contribution in [-0.2, 0) is 6.54 Å². The summed E-state index contributed by atoms with van der Waals surface area (Å²) in [6.45, 7) is 3.98. The van der Waals surface area contributed by atoms with Gasteiger partial charge in [0.05, 0.1) is 4.92 Å². The zero-order valence-electron chi connectivity index (χ0n) is 12.0. The molecule has 2 rings (SSSR count). The Morgan fingerprint density at radius 2 is 2.20 bits per heavy atom. The van der Waals surface area contributed by atoms with Gasteiger partial charge in [0.15, 0.2) is 0 Å². The highest BCUT2D eigenvalue weighted by Gasteiger charge is 2.22. The van der Waals surface area contributed by atoms with Gasteiger partial charge in [0.1, 0.15) is 5.69 Å². The van der Waals surface area contributed by atoms with E-state index in [1.54, 1.807) is 6.07 Å². The van der Waals surface area contributed by atoms with E-state index < -0.39 is 4.92 Å². The van der Waals surface area contributed by atoms with Gasteiger partial charge in [-0.2, -0.15) is 0 Å². The van der Waals surface area contributed by atoms with Crippen molar-refractivity contribution in [2.24, 2.45) is 0 Å². The summed E-state index contributed by atoms with van der Waals surface area (Å²) in [5.41, 5.74) is 7.17. The maximum Gasteiger partial charge on any atom is 0.292 e. The molecule has 0 saturated carbocycles. The molecule has 110 valence electrons. The summed E-state index contributed by atoms with van der Waals surface area (Å²) in [6.07, 6.45) is 6.09. The average Bonchev–Trinajstić information content (AvgIpc) is 2.65. The summed E-state index contributed by atoms with van der Waals surface area (Å²) < 4.78 is 0. The molecule has 0 aromatic heterocycles. The van der Waals surface area contributed by atoms with Crippen LogP contribution in [0.2, 0.25) is 0 Å². The Labute approximate surface area is 119 Å². The largest absolute Gasteiger partial charge is 0.393 e. The molecule has 1 aliphatic rings. The van der Waals surface area contributed by atoms with Crippen molar-refractivity contribution in [1.82, 2.24) is 4.90 Å². The normalized spacial score (nSPS) is 20.6. The molecule has 0 radical (unpaired) electrons. The van der Waals surface area contributed by atoms with Crippen LogP contribution in [0.5, 0.6) is 0 Å². The van der Waals surface area contributed by atoms with E-state index in [2.05, 4.69) is 11.8 Å². The monoisotopic (exact) mass is 277 g/mol. The molecule has 1 heterocycles. The number of benzene rings is 1. The molecule has 1 aliphatic heterocycles. The maximum atomic E-state index is 11.0.